The van der Waals surface area contributed by atoms with Gasteiger partial charge in [0, 0.05) is 25.7 Å². The highest BCUT2D eigenvalue weighted by Gasteiger charge is 2.32. The van der Waals surface area contributed by atoms with Crippen molar-refractivity contribution in [1.82, 2.24) is 15.8 Å². The van der Waals surface area contributed by atoms with E-state index >= 15 is 0 Å². The number of hydrogen-bond acceptors (Lipinski definition) is 5. The smallest absolute Gasteiger partial charge is 0.240 e. The standard InChI is InChI=1S/C19H30FN3O3S/c1-13(2)27(25,26)14(3)19(24)23(4)11-5-6-17-12-18(22-21-17)15-7-9-16(20)10-8-15/h7-10,13-14,17-18,21-22H,5-6,11-12H2,1-4H3. The summed E-state index contributed by atoms with van der Waals surface area (Å²) in [6.07, 6.45) is 2.50. The molecule has 0 aromatic heterocycles. The molecule has 0 bridgehead atoms. The lowest BCUT2D eigenvalue weighted by Gasteiger charge is -2.23. The number of benzene rings is 1. The molecule has 6 nitrogen and oxygen atoms in total. The van der Waals surface area contributed by atoms with Crippen molar-refractivity contribution in [3.8, 4) is 0 Å². The van der Waals surface area contributed by atoms with Crippen molar-refractivity contribution in [1.29, 1.82) is 0 Å². The molecule has 3 atom stereocenters. The van der Waals surface area contributed by atoms with Crippen LogP contribution in [0.4, 0.5) is 4.39 Å². The lowest BCUT2D eigenvalue weighted by Crippen LogP contribution is -2.42. The summed E-state index contributed by atoms with van der Waals surface area (Å²) >= 11 is 0. The second-order valence-corrected chi connectivity index (χ2v) is 10.3. The van der Waals surface area contributed by atoms with Crippen LogP contribution < -0.4 is 10.9 Å². The van der Waals surface area contributed by atoms with E-state index < -0.39 is 20.3 Å². The molecular formula is C19H30FN3O3S. The van der Waals surface area contributed by atoms with Crippen molar-refractivity contribution < 1.29 is 17.6 Å². The highest BCUT2D eigenvalue weighted by molar-refractivity contribution is 7.93. The second kappa shape index (κ2) is 9.12. The molecule has 2 rings (SSSR count). The van der Waals surface area contributed by atoms with Crippen LogP contribution in [0, 0.1) is 5.82 Å². The van der Waals surface area contributed by atoms with Crippen LogP contribution in [0.2, 0.25) is 0 Å². The first-order valence-electron chi connectivity index (χ1n) is 9.37. The molecule has 0 saturated carbocycles. The number of sulfone groups is 1. The lowest BCUT2D eigenvalue weighted by molar-refractivity contribution is -0.129. The van der Waals surface area contributed by atoms with Gasteiger partial charge >= 0.3 is 0 Å². The van der Waals surface area contributed by atoms with Crippen LogP contribution >= 0.6 is 0 Å². The Balaban J connectivity index is 1.78. The Labute approximate surface area is 161 Å². The fraction of sp³-hybridized carbons (Fsp3) is 0.632. The maximum absolute atomic E-state index is 13.0. The highest BCUT2D eigenvalue weighted by Crippen LogP contribution is 2.24. The average Bonchev–Trinajstić information content (AvgIpc) is 3.09. The van der Waals surface area contributed by atoms with Crippen molar-refractivity contribution in [2.24, 2.45) is 0 Å². The largest absolute Gasteiger partial charge is 0.345 e. The number of nitrogens with one attached hydrogen (secondary N) is 2. The predicted octanol–water partition coefficient (Wildman–Crippen LogP) is 2.18. The number of hydrazine groups is 1. The van der Waals surface area contributed by atoms with Gasteiger partial charge in [-0.25, -0.2) is 12.8 Å². The number of carbonyl (C=O) groups excluding carboxylic acids is 1. The van der Waals surface area contributed by atoms with Gasteiger partial charge in [0.1, 0.15) is 11.1 Å². The summed E-state index contributed by atoms with van der Waals surface area (Å²) in [5.74, 6) is -0.604. The third-order valence-electron chi connectivity index (χ3n) is 5.17. The van der Waals surface area contributed by atoms with Gasteiger partial charge in [0.2, 0.25) is 5.91 Å². The van der Waals surface area contributed by atoms with E-state index in [1.807, 2.05) is 0 Å². The van der Waals surface area contributed by atoms with Crippen molar-refractivity contribution in [3.63, 3.8) is 0 Å². The first-order chi connectivity index (χ1) is 12.6. The molecule has 2 N–H and O–H groups in total. The van der Waals surface area contributed by atoms with Crippen LogP contribution in [-0.4, -0.2) is 49.4 Å². The van der Waals surface area contributed by atoms with Gasteiger partial charge in [0.15, 0.2) is 9.84 Å². The zero-order valence-electron chi connectivity index (χ0n) is 16.4. The van der Waals surface area contributed by atoms with Crippen molar-refractivity contribution in [2.75, 3.05) is 13.6 Å². The predicted molar refractivity (Wildman–Crippen MR) is 104 cm³/mol. The summed E-state index contributed by atoms with van der Waals surface area (Å²) in [4.78, 5) is 13.9. The third-order valence-corrected chi connectivity index (χ3v) is 7.68. The summed E-state index contributed by atoms with van der Waals surface area (Å²) in [6, 6.07) is 6.85. The monoisotopic (exact) mass is 399 g/mol. The SMILES string of the molecule is CC(C)S(=O)(=O)C(C)C(=O)N(C)CCCC1CC(c2ccc(F)cc2)NN1. The van der Waals surface area contributed by atoms with Crippen molar-refractivity contribution in [3.05, 3.63) is 35.6 Å². The highest BCUT2D eigenvalue weighted by atomic mass is 32.2. The van der Waals surface area contributed by atoms with Gasteiger partial charge in [0.05, 0.1) is 5.25 Å². The molecule has 0 spiro atoms. The van der Waals surface area contributed by atoms with E-state index in [1.54, 1.807) is 33.0 Å². The molecule has 8 heteroatoms. The van der Waals surface area contributed by atoms with E-state index in [9.17, 15) is 17.6 Å². The van der Waals surface area contributed by atoms with Crippen LogP contribution in [0.25, 0.3) is 0 Å². The summed E-state index contributed by atoms with van der Waals surface area (Å²) in [5, 5.41) is -1.58. The molecule has 1 aliphatic heterocycles. The van der Waals surface area contributed by atoms with Gasteiger partial charge in [-0.05, 0) is 57.7 Å². The fourth-order valence-corrected chi connectivity index (χ4v) is 4.55. The Morgan fingerprint density at radius 2 is 1.85 bits per heavy atom. The minimum atomic E-state index is -3.44. The molecule has 3 unspecified atom stereocenters. The number of carbonyl (C=O) groups is 1. The summed E-state index contributed by atoms with van der Waals surface area (Å²) in [5.41, 5.74) is 7.50. The molecular weight excluding hydrogens is 369 g/mol. The third kappa shape index (κ3) is 5.49. The summed E-state index contributed by atoms with van der Waals surface area (Å²) in [6.45, 7) is 5.16. The van der Waals surface area contributed by atoms with Crippen LogP contribution in [0.3, 0.4) is 0 Å². The molecule has 1 heterocycles. The molecule has 152 valence electrons. The minimum absolute atomic E-state index is 0.131. The summed E-state index contributed by atoms with van der Waals surface area (Å²) < 4.78 is 37.4. The van der Waals surface area contributed by atoms with Gasteiger partial charge in [0.25, 0.3) is 0 Å². The van der Waals surface area contributed by atoms with Gasteiger partial charge < -0.3 is 4.90 Å². The molecule has 1 aromatic carbocycles. The Morgan fingerprint density at radius 1 is 1.22 bits per heavy atom. The van der Waals surface area contributed by atoms with Gasteiger partial charge in [-0.15, -0.1) is 0 Å². The van der Waals surface area contributed by atoms with Crippen LogP contribution in [0.1, 0.15) is 51.6 Å². The first-order valence-corrected chi connectivity index (χ1v) is 11.0. The number of nitrogens with zero attached hydrogens (tertiary/aromatic N) is 1. The Kier molecular flexibility index (Phi) is 7.36. The fourth-order valence-electron chi connectivity index (χ4n) is 3.27. The van der Waals surface area contributed by atoms with E-state index in [0.717, 1.165) is 24.8 Å². The van der Waals surface area contributed by atoms with Crippen LogP contribution in [0.15, 0.2) is 24.3 Å². The molecule has 0 aliphatic carbocycles. The van der Waals surface area contributed by atoms with Crippen molar-refractivity contribution >= 4 is 15.7 Å². The Hall–Kier alpha value is -1.51. The molecule has 1 aromatic rings. The molecule has 1 amide bonds. The van der Waals surface area contributed by atoms with E-state index in [0.29, 0.717) is 6.54 Å². The van der Waals surface area contributed by atoms with E-state index in [1.165, 1.54) is 24.0 Å². The van der Waals surface area contributed by atoms with Gasteiger partial charge in [-0.2, -0.15) is 0 Å². The molecule has 27 heavy (non-hydrogen) atoms. The molecule has 0 radical (unpaired) electrons. The topological polar surface area (TPSA) is 78.5 Å². The van der Waals surface area contributed by atoms with Crippen LogP contribution in [-0.2, 0) is 14.6 Å². The summed E-state index contributed by atoms with van der Waals surface area (Å²) in [7, 11) is -1.79. The minimum Gasteiger partial charge on any atom is -0.345 e. The lowest BCUT2D eigenvalue weighted by atomic mass is 9.99. The number of halogens is 1. The van der Waals surface area contributed by atoms with E-state index in [-0.39, 0.29) is 23.8 Å². The van der Waals surface area contributed by atoms with E-state index in [2.05, 4.69) is 10.9 Å². The quantitative estimate of drug-likeness (QED) is 0.701. The van der Waals surface area contributed by atoms with Crippen LogP contribution in [0.5, 0.6) is 0 Å². The normalized spacial score (nSPS) is 21.4. The second-order valence-electron chi connectivity index (χ2n) is 7.51. The number of hydrogen-bond donors (Lipinski definition) is 2. The molecule has 1 saturated heterocycles. The van der Waals surface area contributed by atoms with Gasteiger partial charge in [-0.3, -0.25) is 15.6 Å². The maximum Gasteiger partial charge on any atom is 0.240 e. The molecule has 1 fully saturated rings. The van der Waals surface area contributed by atoms with E-state index in [4.69, 9.17) is 0 Å². The average molecular weight is 400 g/mol. The number of rotatable bonds is 8. The van der Waals surface area contributed by atoms with Gasteiger partial charge in [-0.1, -0.05) is 12.1 Å². The Morgan fingerprint density at radius 3 is 2.44 bits per heavy atom. The van der Waals surface area contributed by atoms with Crippen molar-refractivity contribution in [2.45, 2.75) is 62.6 Å². The first kappa shape index (κ1) is 21.8. The maximum atomic E-state index is 13.0. The zero-order valence-corrected chi connectivity index (χ0v) is 17.2. The molecule has 1 aliphatic rings. The Bertz CT molecular complexity index is 737. The number of amides is 1. The zero-order chi connectivity index (χ0) is 20.2.